The fraction of sp³-hybridized carbons (Fsp3) is 0.350. The third kappa shape index (κ3) is 4.57. The van der Waals surface area contributed by atoms with Crippen LogP contribution >= 0.6 is 11.6 Å². The summed E-state index contributed by atoms with van der Waals surface area (Å²) in [5.74, 6) is -0.121. The molecule has 1 aromatic heterocycles. The molecule has 1 aromatic carbocycles. The van der Waals surface area contributed by atoms with E-state index in [0.717, 1.165) is 31.2 Å². The fourth-order valence-electron chi connectivity index (χ4n) is 3.15. The number of ether oxygens (including phenoxy) is 1. The number of aryl methyl sites for hydroxylation is 1. The van der Waals surface area contributed by atoms with E-state index in [-0.39, 0.29) is 17.9 Å². The van der Waals surface area contributed by atoms with Crippen LogP contribution < -0.4 is 15.4 Å². The maximum atomic E-state index is 12.6. The number of nitrogens with zero attached hydrogens (tertiary/aromatic N) is 1. The zero-order valence-electron chi connectivity index (χ0n) is 15.3. The van der Waals surface area contributed by atoms with Crippen LogP contribution in [0.1, 0.15) is 52.0 Å². The summed E-state index contributed by atoms with van der Waals surface area (Å²) in [5.41, 5.74) is 1.98. The summed E-state index contributed by atoms with van der Waals surface area (Å²) in [6.45, 7) is 1.84. The van der Waals surface area contributed by atoms with Crippen LogP contribution in [-0.4, -0.2) is 29.9 Å². The molecule has 0 unspecified atom stereocenters. The molecule has 1 fully saturated rings. The minimum Gasteiger partial charge on any atom is -0.495 e. The highest BCUT2D eigenvalue weighted by atomic mass is 35.5. The number of benzene rings is 1. The molecule has 0 bridgehead atoms. The highest BCUT2D eigenvalue weighted by molar-refractivity contribution is 6.31. The molecule has 142 valence electrons. The molecule has 2 amide bonds. The Balaban J connectivity index is 1.75. The summed E-state index contributed by atoms with van der Waals surface area (Å²) in [7, 11) is 1.51. The van der Waals surface area contributed by atoms with Crippen LogP contribution in [0.3, 0.4) is 0 Å². The van der Waals surface area contributed by atoms with Gasteiger partial charge in [0.25, 0.3) is 11.8 Å². The van der Waals surface area contributed by atoms with E-state index in [1.165, 1.54) is 19.5 Å². The van der Waals surface area contributed by atoms with Gasteiger partial charge in [-0.25, -0.2) is 0 Å². The smallest absolute Gasteiger partial charge is 0.257 e. The van der Waals surface area contributed by atoms with E-state index >= 15 is 0 Å². The van der Waals surface area contributed by atoms with E-state index in [0.29, 0.717) is 27.6 Å². The van der Waals surface area contributed by atoms with Crippen molar-refractivity contribution >= 4 is 29.1 Å². The Labute approximate surface area is 163 Å². The molecule has 1 aliphatic rings. The zero-order chi connectivity index (χ0) is 19.4. The second kappa shape index (κ2) is 8.39. The number of methoxy groups -OCH3 is 1. The summed E-state index contributed by atoms with van der Waals surface area (Å²) in [6, 6.07) is 5.14. The monoisotopic (exact) mass is 387 g/mol. The van der Waals surface area contributed by atoms with Gasteiger partial charge in [-0.3, -0.25) is 14.6 Å². The van der Waals surface area contributed by atoms with E-state index in [9.17, 15) is 9.59 Å². The van der Waals surface area contributed by atoms with Crippen LogP contribution in [0.4, 0.5) is 5.69 Å². The zero-order valence-corrected chi connectivity index (χ0v) is 16.1. The van der Waals surface area contributed by atoms with E-state index in [4.69, 9.17) is 16.3 Å². The molecule has 1 aliphatic carbocycles. The number of hydrogen-bond donors (Lipinski definition) is 2. The summed E-state index contributed by atoms with van der Waals surface area (Å²) in [5, 5.41) is 6.34. The number of pyridine rings is 1. The predicted octanol–water partition coefficient (Wildman–Crippen LogP) is 3.98. The fourth-order valence-corrected chi connectivity index (χ4v) is 3.31. The molecule has 0 saturated heterocycles. The summed E-state index contributed by atoms with van der Waals surface area (Å²) < 4.78 is 5.28. The predicted molar refractivity (Wildman–Crippen MR) is 105 cm³/mol. The van der Waals surface area contributed by atoms with Crippen LogP contribution in [0.2, 0.25) is 5.02 Å². The third-order valence-electron chi connectivity index (χ3n) is 4.68. The van der Waals surface area contributed by atoms with Crippen molar-refractivity contribution in [1.29, 1.82) is 0 Å². The van der Waals surface area contributed by atoms with Gasteiger partial charge in [-0.15, -0.1) is 0 Å². The highest BCUT2D eigenvalue weighted by Crippen LogP contribution is 2.31. The van der Waals surface area contributed by atoms with Gasteiger partial charge in [-0.1, -0.05) is 24.4 Å². The molecule has 27 heavy (non-hydrogen) atoms. The van der Waals surface area contributed by atoms with Crippen molar-refractivity contribution in [2.75, 3.05) is 12.4 Å². The van der Waals surface area contributed by atoms with Crippen molar-refractivity contribution in [3.63, 3.8) is 0 Å². The van der Waals surface area contributed by atoms with Crippen LogP contribution in [0.15, 0.2) is 30.6 Å². The highest BCUT2D eigenvalue weighted by Gasteiger charge is 2.19. The maximum Gasteiger partial charge on any atom is 0.257 e. The topological polar surface area (TPSA) is 80.3 Å². The molecule has 0 atom stereocenters. The number of carbonyl (C=O) groups excluding carboxylic acids is 2. The van der Waals surface area contributed by atoms with Crippen molar-refractivity contribution in [3.05, 3.63) is 52.3 Å². The molecule has 0 spiro atoms. The quantitative estimate of drug-likeness (QED) is 0.813. The lowest BCUT2D eigenvalue weighted by molar-refractivity contribution is 0.0937. The molecule has 2 N–H and O–H groups in total. The molecule has 3 rings (SSSR count). The van der Waals surface area contributed by atoms with Crippen molar-refractivity contribution in [2.45, 2.75) is 38.6 Å². The Morgan fingerprint density at radius 3 is 2.44 bits per heavy atom. The Hall–Kier alpha value is -2.60. The molecule has 6 nitrogen and oxygen atoms in total. The molecule has 1 saturated carbocycles. The second-order valence-electron chi connectivity index (χ2n) is 6.67. The Kier molecular flexibility index (Phi) is 5.96. The maximum absolute atomic E-state index is 12.6. The summed E-state index contributed by atoms with van der Waals surface area (Å²) in [6.07, 6.45) is 7.15. The van der Waals surface area contributed by atoms with Gasteiger partial charge in [0, 0.05) is 29.5 Å². The molecule has 1 heterocycles. The van der Waals surface area contributed by atoms with Crippen molar-refractivity contribution in [2.24, 2.45) is 0 Å². The molecular formula is C20H22ClN3O3. The number of hydrogen-bond acceptors (Lipinski definition) is 4. The Morgan fingerprint density at radius 1 is 1.11 bits per heavy atom. The van der Waals surface area contributed by atoms with Gasteiger partial charge in [-0.05, 0) is 37.5 Å². The first-order valence-electron chi connectivity index (χ1n) is 8.89. The van der Waals surface area contributed by atoms with Gasteiger partial charge in [0.15, 0.2) is 0 Å². The van der Waals surface area contributed by atoms with Gasteiger partial charge in [0.1, 0.15) is 5.75 Å². The van der Waals surface area contributed by atoms with Crippen LogP contribution in [-0.2, 0) is 0 Å². The largest absolute Gasteiger partial charge is 0.495 e. The van der Waals surface area contributed by atoms with Gasteiger partial charge in [0.05, 0.1) is 23.9 Å². The Morgan fingerprint density at radius 2 is 1.78 bits per heavy atom. The van der Waals surface area contributed by atoms with Crippen LogP contribution in [0.5, 0.6) is 5.75 Å². The Bertz CT molecular complexity index is 864. The van der Waals surface area contributed by atoms with Gasteiger partial charge in [0.2, 0.25) is 0 Å². The summed E-state index contributed by atoms with van der Waals surface area (Å²) >= 11 is 6.10. The molecular weight excluding hydrogens is 366 g/mol. The standard InChI is InChI=1S/C20H22ClN3O3/c1-12-7-17(18(27-2)9-16(12)21)24-20(26)14-8-13(10-22-11-14)19(25)23-15-5-3-4-6-15/h7-11,15H,3-6H2,1-2H3,(H,23,25)(H,24,26). The van der Waals surface area contributed by atoms with E-state index < -0.39 is 0 Å². The first kappa shape index (κ1) is 19.2. The lowest BCUT2D eigenvalue weighted by atomic mass is 10.1. The van der Waals surface area contributed by atoms with Gasteiger partial charge >= 0.3 is 0 Å². The minimum absolute atomic E-state index is 0.205. The number of carbonyl (C=O) groups is 2. The first-order chi connectivity index (χ1) is 13.0. The number of halogens is 1. The lowest BCUT2D eigenvalue weighted by Crippen LogP contribution is -2.32. The molecule has 7 heteroatoms. The molecule has 0 radical (unpaired) electrons. The number of amides is 2. The van der Waals surface area contributed by atoms with Crippen molar-refractivity contribution < 1.29 is 14.3 Å². The van der Waals surface area contributed by atoms with E-state index in [2.05, 4.69) is 15.6 Å². The average molecular weight is 388 g/mol. The SMILES string of the molecule is COc1cc(Cl)c(C)cc1NC(=O)c1cncc(C(=O)NC2CCCC2)c1. The number of aromatic nitrogens is 1. The van der Waals surface area contributed by atoms with Gasteiger partial charge < -0.3 is 15.4 Å². The number of nitrogens with one attached hydrogen (secondary N) is 2. The number of anilines is 1. The van der Waals surface area contributed by atoms with Crippen molar-refractivity contribution in [1.82, 2.24) is 10.3 Å². The third-order valence-corrected chi connectivity index (χ3v) is 5.09. The second-order valence-corrected chi connectivity index (χ2v) is 7.08. The molecule has 0 aliphatic heterocycles. The normalized spacial score (nSPS) is 14.0. The van der Waals surface area contributed by atoms with Crippen LogP contribution in [0, 0.1) is 6.92 Å². The van der Waals surface area contributed by atoms with E-state index in [1.807, 2.05) is 6.92 Å². The lowest BCUT2D eigenvalue weighted by Gasteiger charge is -2.13. The van der Waals surface area contributed by atoms with Crippen LogP contribution in [0.25, 0.3) is 0 Å². The van der Waals surface area contributed by atoms with Crippen molar-refractivity contribution in [3.8, 4) is 5.75 Å². The minimum atomic E-state index is -0.377. The van der Waals surface area contributed by atoms with E-state index in [1.54, 1.807) is 18.2 Å². The number of rotatable bonds is 5. The first-order valence-corrected chi connectivity index (χ1v) is 9.27. The average Bonchev–Trinajstić information content (AvgIpc) is 3.17. The molecule has 2 aromatic rings. The summed E-state index contributed by atoms with van der Waals surface area (Å²) in [4.78, 5) is 29.1. The van der Waals surface area contributed by atoms with Gasteiger partial charge in [-0.2, -0.15) is 0 Å².